The number of pyridine rings is 2. The van der Waals surface area contributed by atoms with E-state index in [2.05, 4.69) is 56.7 Å². The molecule has 2 fully saturated rings. The molecule has 7 rings (SSSR count). The molecule has 1 spiro atoms. The van der Waals surface area contributed by atoms with Gasteiger partial charge in [-0.3, -0.25) is 4.79 Å². The number of nitrogens with one attached hydrogen (secondary N) is 2. The highest BCUT2D eigenvalue weighted by Crippen LogP contribution is 2.72. The molecule has 1 aromatic carbocycles. The molecule has 4 aromatic heterocycles. The van der Waals surface area contributed by atoms with Crippen LogP contribution in [0.4, 0.5) is 11.6 Å². The summed E-state index contributed by atoms with van der Waals surface area (Å²) < 4.78 is 3.59. The van der Waals surface area contributed by atoms with E-state index in [1.165, 1.54) is 19.2 Å². The minimum Gasteiger partial charge on any atom is -0.369 e. The number of rotatable bonds is 7. The first-order chi connectivity index (χ1) is 19.6. The number of hydrogen-bond acceptors (Lipinski definition) is 8. The van der Waals surface area contributed by atoms with E-state index in [4.69, 9.17) is 11.6 Å². The quantitative estimate of drug-likeness (QED) is 0.247. The van der Waals surface area contributed by atoms with E-state index in [0.29, 0.717) is 34.0 Å². The first-order valence-electron chi connectivity index (χ1n) is 13.9. The molecular weight excluding hydrogens is 538 g/mol. The maximum Gasteiger partial charge on any atom is 0.258 e. The third kappa shape index (κ3) is 4.69. The van der Waals surface area contributed by atoms with Crippen molar-refractivity contribution in [1.82, 2.24) is 34.5 Å². The van der Waals surface area contributed by atoms with E-state index in [9.17, 15) is 4.79 Å². The third-order valence-electron chi connectivity index (χ3n) is 8.31. The Morgan fingerprint density at radius 3 is 2.73 bits per heavy atom. The highest BCUT2D eigenvalue weighted by Gasteiger charge is 2.64. The van der Waals surface area contributed by atoms with Crippen LogP contribution in [0.1, 0.15) is 63.4 Å². The Labute approximate surface area is 242 Å². The lowest BCUT2D eigenvalue weighted by atomic mass is 9.97. The zero-order valence-corrected chi connectivity index (χ0v) is 24.3. The van der Waals surface area contributed by atoms with Crippen molar-refractivity contribution in [1.29, 1.82) is 0 Å². The van der Waals surface area contributed by atoms with Gasteiger partial charge < -0.3 is 15.2 Å². The smallest absolute Gasteiger partial charge is 0.258 e. The predicted octanol–water partition coefficient (Wildman–Crippen LogP) is 5.51. The van der Waals surface area contributed by atoms with Crippen LogP contribution in [0.2, 0.25) is 5.15 Å². The molecule has 1 unspecified atom stereocenters. The average molecular weight is 570 g/mol. The van der Waals surface area contributed by atoms with E-state index in [-0.39, 0.29) is 16.1 Å². The normalized spacial score (nSPS) is 18.1. The number of aromatic nitrogens is 7. The van der Waals surface area contributed by atoms with Crippen molar-refractivity contribution in [2.24, 2.45) is 17.9 Å². The van der Waals surface area contributed by atoms with Crippen molar-refractivity contribution in [3.8, 4) is 0 Å². The van der Waals surface area contributed by atoms with Gasteiger partial charge in [0.1, 0.15) is 29.2 Å². The number of benzene rings is 1. The van der Waals surface area contributed by atoms with Crippen molar-refractivity contribution < 1.29 is 0 Å². The van der Waals surface area contributed by atoms with Crippen LogP contribution in [-0.4, -0.2) is 41.1 Å². The molecule has 41 heavy (non-hydrogen) atoms. The first-order valence-corrected chi connectivity index (χ1v) is 14.3. The van der Waals surface area contributed by atoms with E-state index in [0.717, 1.165) is 35.0 Å². The van der Waals surface area contributed by atoms with Gasteiger partial charge in [0.15, 0.2) is 5.15 Å². The van der Waals surface area contributed by atoms with Crippen LogP contribution in [-0.2, 0) is 7.05 Å². The zero-order chi connectivity index (χ0) is 28.5. The summed E-state index contributed by atoms with van der Waals surface area (Å²) in [4.78, 5) is 26.5. The molecule has 2 N–H and O–H groups in total. The maximum atomic E-state index is 13.0. The summed E-state index contributed by atoms with van der Waals surface area (Å²) in [6, 6.07) is 9.62. The molecule has 0 amide bonds. The van der Waals surface area contributed by atoms with Gasteiger partial charge in [-0.05, 0) is 59.2 Å². The van der Waals surface area contributed by atoms with E-state index in [1.807, 2.05) is 41.2 Å². The molecule has 2 aliphatic rings. The highest BCUT2D eigenvalue weighted by atomic mass is 35.5. The number of nitrogens with zero attached hydrogens (tertiary/aromatic N) is 7. The van der Waals surface area contributed by atoms with Crippen LogP contribution < -0.4 is 16.2 Å². The van der Waals surface area contributed by atoms with Gasteiger partial charge in [-0.1, -0.05) is 49.7 Å². The van der Waals surface area contributed by atoms with Crippen molar-refractivity contribution in [2.75, 3.05) is 17.2 Å². The van der Waals surface area contributed by atoms with Gasteiger partial charge in [-0.25, -0.2) is 19.6 Å². The van der Waals surface area contributed by atoms with Gasteiger partial charge in [-0.2, -0.15) is 0 Å². The molecule has 2 saturated carbocycles. The van der Waals surface area contributed by atoms with Gasteiger partial charge in [0, 0.05) is 30.6 Å². The molecule has 4 heterocycles. The molecule has 0 aliphatic heterocycles. The lowest BCUT2D eigenvalue weighted by Crippen LogP contribution is -2.20. The Morgan fingerprint density at radius 2 is 1.98 bits per heavy atom. The molecule has 10 nitrogen and oxygen atoms in total. The zero-order valence-electron chi connectivity index (χ0n) is 23.5. The summed E-state index contributed by atoms with van der Waals surface area (Å²) in [6.45, 7) is 7.20. The molecular formula is C30H32ClN9O. The fourth-order valence-corrected chi connectivity index (χ4v) is 5.91. The molecule has 0 bridgehead atoms. The Morgan fingerprint density at radius 1 is 1.15 bits per heavy atom. The number of halogens is 1. The van der Waals surface area contributed by atoms with Crippen molar-refractivity contribution in [2.45, 2.75) is 52.1 Å². The van der Waals surface area contributed by atoms with Crippen LogP contribution in [0, 0.1) is 10.8 Å². The van der Waals surface area contributed by atoms with Gasteiger partial charge in [-0.15, -0.1) is 5.10 Å². The largest absolute Gasteiger partial charge is 0.369 e. The number of hydrogen-bond donors (Lipinski definition) is 2. The Balaban J connectivity index is 1.33. The van der Waals surface area contributed by atoms with Crippen LogP contribution in [0.5, 0.6) is 0 Å². The standard InChI is InChI=1S/C30H32ClN9O/c1-29(2,3)15-32-27-20-12-23(36-26(31)25(20)33-16-34-27)35-24(21-14-40(38-37-21)22-13-30(22)9-10-30)18-6-5-7-19-17(18)8-11-39(4)28(19)41/h5-8,11-12,14,16,22,24H,9-10,13,15H2,1-4H3,(H,35,36)(H,32,33,34)/t22?,24-/m0/s1. The average Bonchev–Trinajstić information content (AvgIpc) is 3.82. The van der Waals surface area contributed by atoms with Crippen LogP contribution in [0.25, 0.3) is 21.7 Å². The Kier molecular flexibility index (Phi) is 5.83. The van der Waals surface area contributed by atoms with Crippen molar-refractivity contribution in [3.05, 3.63) is 75.8 Å². The van der Waals surface area contributed by atoms with Gasteiger partial charge in [0.25, 0.3) is 5.56 Å². The number of anilines is 2. The number of aryl methyl sites for hydroxylation is 1. The fraction of sp³-hybridized carbons (Fsp3) is 0.400. The second-order valence-electron chi connectivity index (χ2n) is 12.7. The Bertz CT molecular complexity index is 1870. The predicted molar refractivity (Wildman–Crippen MR) is 160 cm³/mol. The minimum absolute atomic E-state index is 0.0537. The van der Waals surface area contributed by atoms with E-state index >= 15 is 0 Å². The molecule has 2 aliphatic carbocycles. The van der Waals surface area contributed by atoms with Crippen molar-refractivity contribution in [3.63, 3.8) is 0 Å². The van der Waals surface area contributed by atoms with E-state index in [1.54, 1.807) is 17.8 Å². The summed E-state index contributed by atoms with van der Waals surface area (Å²) >= 11 is 6.68. The summed E-state index contributed by atoms with van der Waals surface area (Å²) in [5.41, 5.74) is 2.65. The topological polar surface area (TPSA) is 115 Å². The lowest BCUT2D eigenvalue weighted by molar-refractivity contribution is 0.442. The van der Waals surface area contributed by atoms with Crippen LogP contribution in [0.3, 0.4) is 0 Å². The Hall–Kier alpha value is -4.05. The monoisotopic (exact) mass is 569 g/mol. The second-order valence-corrected chi connectivity index (χ2v) is 13.0. The molecule has 5 aromatic rings. The minimum atomic E-state index is -0.440. The molecule has 11 heteroatoms. The second kappa shape index (κ2) is 9.24. The highest BCUT2D eigenvalue weighted by molar-refractivity contribution is 6.34. The summed E-state index contributed by atoms with van der Waals surface area (Å²) in [5.74, 6) is 1.23. The van der Waals surface area contributed by atoms with Crippen LogP contribution in [0.15, 0.2) is 53.8 Å². The summed E-state index contributed by atoms with van der Waals surface area (Å²) in [5, 5.41) is 18.7. The first kappa shape index (κ1) is 25.9. The molecule has 0 radical (unpaired) electrons. The molecule has 2 atom stereocenters. The van der Waals surface area contributed by atoms with Gasteiger partial charge >= 0.3 is 0 Å². The van der Waals surface area contributed by atoms with Gasteiger partial charge in [0.2, 0.25) is 0 Å². The van der Waals surface area contributed by atoms with Crippen molar-refractivity contribution >= 4 is 44.9 Å². The fourth-order valence-electron chi connectivity index (χ4n) is 5.67. The number of fused-ring (bicyclic) bond motifs is 2. The molecule has 0 saturated heterocycles. The molecule has 210 valence electrons. The van der Waals surface area contributed by atoms with Crippen LogP contribution >= 0.6 is 11.6 Å². The van der Waals surface area contributed by atoms with E-state index < -0.39 is 6.04 Å². The van der Waals surface area contributed by atoms with Gasteiger partial charge in [0.05, 0.1) is 18.3 Å². The SMILES string of the molecule is Cn1ccc2c([C@H](Nc3cc4c(NCC(C)(C)C)ncnc4c(Cl)n3)c3cn(C4CC45CC5)nn3)cccc2c1=O. The maximum absolute atomic E-state index is 13.0. The summed E-state index contributed by atoms with van der Waals surface area (Å²) in [6.07, 6.45) is 8.99. The summed E-state index contributed by atoms with van der Waals surface area (Å²) in [7, 11) is 1.76. The third-order valence-corrected chi connectivity index (χ3v) is 8.57. The lowest BCUT2D eigenvalue weighted by Gasteiger charge is -2.21.